The predicted molar refractivity (Wildman–Crippen MR) is 104 cm³/mol. The van der Waals surface area contributed by atoms with E-state index in [2.05, 4.69) is 27.3 Å². The van der Waals surface area contributed by atoms with Crippen LogP contribution in [0, 0.1) is 13.8 Å². The van der Waals surface area contributed by atoms with Gasteiger partial charge in [0.1, 0.15) is 0 Å². The Hall–Kier alpha value is -1.82. The first-order valence-corrected chi connectivity index (χ1v) is 8.32. The molecule has 0 aliphatic heterocycles. The number of rotatable bonds is 9. The average Bonchev–Trinajstić information content (AvgIpc) is 2.87. The fourth-order valence-corrected chi connectivity index (χ4v) is 2.70. The second-order valence-corrected chi connectivity index (χ2v) is 5.86. The summed E-state index contributed by atoms with van der Waals surface area (Å²) in [5.74, 6) is -0.0176. The number of halogens is 1. The Kier molecular flexibility index (Phi) is 9.27. The monoisotopic (exact) mass is 365 g/mol. The normalized spacial score (nSPS) is 10.4. The second kappa shape index (κ2) is 10.9. The van der Waals surface area contributed by atoms with E-state index in [4.69, 9.17) is 4.74 Å². The number of carbonyl (C=O) groups excluding carboxylic acids is 1. The Morgan fingerprint density at radius 1 is 1.12 bits per heavy atom. The van der Waals surface area contributed by atoms with Gasteiger partial charge in [-0.3, -0.25) is 4.79 Å². The Balaban J connectivity index is 0.00000312. The van der Waals surface area contributed by atoms with Crippen LogP contribution in [-0.4, -0.2) is 43.8 Å². The average molecular weight is 366 g/mol. The Morgan fingerprint density at radius 3 is 2.52 bits per heavy atom. The van der Waals surface area contributed by atoms with E-state index in [0.29, 0.717) is 13.2 Å². The summed E-state index contributed by atoms with van der Waals surface area (Å²) in [4.78, 5) is 12.4. The van der Waals surface area contributed by atoms with Gasteiger partial charge in [0.05, 0.1) is 12.2 Å². The SMILES string of the molecule is COCCNCCNC(=O)c1cc(C)n(Cc2ccccc2)c1C.Cl. The van der Waals surface area contributed by atoms with Crippen LogP contribution in [0.5, 0.6) is 0 Å². The molecule has 2 rings (SSSR count). The van der Waals surface area contributed by atoms with Crippen molar-refractivity contribution in [1.29, 1.82) is 0 Å². The lowest BCUT2D eigenvalue weighted by Crippen LogP contribution is -2.33. The van der Waals surface area contributed by atoms with Crippen molar-refractivity contribution in [2.24, 2.45) is 0 Å². The number of benzene rings is 1. The molecule has 1 aromatic heterocycles. The molecule has 138 valence electrons. The molecule has 0 bridgehead atoms. The summed E-state index contributed by atoms with van der Waals surface area (Å²) in [7, 11) is 1.68. The summed E-state index contributed by atoms with van der Waals surface area (Å²) in [5.41, 5.74) is 4.08. The molecule has 0 radical (unpaired) electrons. The summed E-state index contributed by atoms with van der Waals surface area (Å²) in [5, 5.41) is 6.18. The molecule has 0 aliphatic rings. The first-order chi connectivity index (χ1) is 11.6. The Bertz CT molecular complexity index is 656. The standard InChI is InChI=1S/C19H27N3O2.ClH/c1-15-13-18(19(23)21-10-9-20-11-12-24-3)16(2)22(15)14-17-7-5-4-6-8-17;/h4-8,13,20H,9-12,14H2,1-3H3,(H,21,23);1H. The number of amides is 1. The number of carbonyl (C=O) groups is 1. The van der Waals surface area contributed by atoms with Gasteiger partial charge in [0, 0.05) is 44.7 Å². The molecule has 0 fully saturated rings. The van der Waals surface area contributed by atoms with E-state index in [1.54, 1.807) is 7.11 Å². The number of nitrogens with one attached hydrogen (secondary N) is 2. The fourth-order valence-electron chi connectivity index (χ4n) is 2.70. The highest BCUT2D eigenvalue weighted by atomic mass is 35.5. The van der Waals surface area contributed by atoms with Crippen molar-refractivity contribution >= 4 is 18.3 Å². The van der Waals surface area contributed by atoms with E-state index in [9.17, 15) is 4.79 Å². The molecule has 0 spiro atoms. The van der Waals surface area contributed by atoms with Gasteiger partial charge in [-0.2, -0.15) is 0 Å². The van der Waals surface area contributed by atoms with E-state index in [1.165, 1.54) is 5.56 Å². The molecule has 1 amide bonds. The zero-order valence-corrected chi connectivity index (χ0v) is 16.0. The molecule has 1 aromatic carbocycles. The van der Waals surface area contributed by atoms with Gasteiger partial charge in [0.15, 0.2) is 0 Å². The van der Waals surface area contributed by atoms with Gasteiger partial charge in [-0.1, -0.05) is 30.3 Å². The third-order valence-corrected chi connectivity index (χ3v) is 4.07. The third-order valence-electron chi connectivity index (χ3n) is 4.07. The topological polar surface area (TPSA) is 55.3 Å². The molecule has 2 N–H and O–H groups in total. The van der Waals surface area contributed by atoms with E-state index in [-0.39, 0.29) is 18.3 Å². The highest BCUT2D eigenvalue weighted by molar-refractivity contribution is 5.95. The quantitative estimate of drug-likeness (QED) is 0.671. The minimum Gasteiger partial charge on any atom is -0.383 e. The van der Waals surface area contributed by atoms with Crippen LogP contribution in [0.3, 0.4) is 0 Å². The van der Waals surface area contributed by atoms with Gasteiger partial charge in [-0.25, -0.2) is 0 Å². The van der Waals surface area contributed by atoms with Gasteiger partial charge in [0.2, 0.25) is 0 Å². The molecular weight excluding hydrogens is 338 g/mol. The summed E-state index contributed by atoms with van der Waals surface area (Å²) in [6.07, 6.45) is 0. The van der Waals surface area contributed by atoms with E-state index >= 15 is 0 Å². The lowest BCUT2D eigenvalue weighted by Gasteiger charge is -2.10. The number of ether oxygens (including phenoxy) is 1. The van der Waals surface area contributed by atoms with Crippen molar-refractivity contribution in [1.82, 2.24) is 15.2 Å². The van der Waals surface area contributed by atoms with Gasteiger partial charge < -0.3 is 19.9 Å². The van der Waals surface area contributed by atoms with E-state index in [1.807, 2.05) is 38.1 Å². The van der Waals surface area contributed by atoms with Crippen molar-refractivity contribution in [3.05, 3.63) is 58.9 Å². The summed E-state index contributed by atoms with van der Waals surface area (Å²) >= 11 is 0. The minimum absolute atomic E-state index is 0. The summed E-state index contributed by atoms with van der Waals surface area (Å²) in [6, 6.07) is 12.3. The first kappa shape index (κ1) is 21.2. The smallest absolute Gasteiger partial charge is 0.253 e. The van der Waals surface area contributed by atoms with Crippen LogP contribution in [-0.2, 0) is 11.3 Å². The van der Waals surface area contributed by atoms with Crippen molar-refractivity contribution < 1.29 is 9.53 Å². The molecule has 0 unspecified atom stereocenters. The fraction of sp³-hybridized carbons (Fsp3) is 0.421. The molecular formula is C19H28ClN3O2. The van der Waals surface area contributed by atoms with Gasteiger partial charge in [0.25, 0.3) is 5.91 Å². The maximum Gasteiger partial charge on any atom is 0.253 e. The lowest BCUT2D eigenvalue weighted by molar-refractivity contribution is 0.0953. The van der Waals surface area contributed by atoms with E-state index in [0.717, 1.165) is 36.6 Å². The van der Waals surface area contributed by atoms with Crippen LogP contribution in [0.15, 0.2) is 36.4 Å². The molecule has 5 nitrogen and oxygen atoms in total. The van der Waals surface area contributed by atoms with Gasteiger partial charge in [-0.15, -0.1) is 12.4 Å². The molecule has 0 saturated heterocycles. The molecule has 0 saturated carbocycles. The zero-order valence-electron chi connectivity index (χ0n) is 15.2. The number of hydrogen-bond donors (Lipinski definition) is 2. The van der Waals surface area contributed by atoms with Gasteiger partial charge in [-0.05, 0) is 25.5 Å². The maximum atomic E-state index is 12.4. The molecule has 0 aliphatic carbocycles. The largest absolute Gasteiger partial charge is 0.383 e. The molecule has 6 heteroatoms. The van der Waals surface area contributed by atoms with Crippen molar-refractivity contribution in [2.45, 2.75) is 20.4 Å². The molecule has 25 heavy (non-hydrogen) atoms. The zero-order chi connectivity index (χ0) is 17.4. The van der Waals surface area contributed by atoms with Crippen LogP contribution in [0.25, 0.3) is 0 Å². The Morgan fingerprint density at radius 2 is 1.84 bits per heavy atom. The van der Waals surface area contributed by atoms with E-state index < -0.39 is 0 Å². The number of nitrogens with zero attached hydrogens (tertiary/aromatic N) is 1. The van der Waals surface area contributed by atoms with Crippen LogP contribution < -0.4 is 10.6 Å². The number of methoxy groups -OCH3 is 1. The first-order valence-electron chi connectivity index (χ1n) is 8.32. The van der Waals surface area contributed by atoms with Crippen LogP contribution in [0.4, 0.5) is 0 Å². The Labute approximate surface area is 156 Å². The molecule has 2 aromatic rings. The second-order valence-electron chi connectivity index (χ2n) is 5.86. The summed E-state index contributed by atoms with van der Waals surface area (Å²) < 4.78 is 7.15. The highest BCUT2D eigenvalue weighted by Gasteiger charge is 2.15. The van der Waals surface area contributed by atoms with Crippen molar-refractivity contribution in [3.63, 3.8) is 0 Å². The number of hydrogen-bond acceptors (Lipinski definition) is 3. The van der Waals surface area contributed by atoms with Crippen molar-refractivity contribution in [2.75, 3.05) is 33.4 Å². The van der Waals surface area contributed by atoms with Crippen molar-refractivity contribution in [3.8, 4) is 0 Å². The van der Waals surface area contributed by atoms with Crippen LogP contribution >= 0.6 is 12.4 Å². The third kappa shape index (κ3) is 6.20. The van der Waals surface area contributed by atoms with Crippen LogP contribution in [0.1, 0.15) is 27.3 Å². The molecule has 1 heterocycles. The number of aromatic nitrogens is 1. The number of aryl methyl sites for hydroxylation is 1. The predicted octanol–water partition coefficient (Wildman–Crippen LogP) is 2.54. The lowest BCUT2D eigenvalue weighted by atomic mass is 10.2. The highest BCUT2D eigenvalue weighted by Crippen LogP contribution is 2.17. The summed E-state index contributed by atoms with van der Waals surface area (Å²) in [6.45, 7) is 7.63. The minimum atomic E-state index is -0.0176. The molecule has 0 atom stereocenters. The van der Waals surface area contributed by atoms with Crippen LogP contribution in [0.2, 0.25) is 0 Å². The van der Waals surface area contributed by atoms with Gasteiger partial charge >= 0.3 is 0 Å². The maximum absolute atomic E-state index is 12.4.